The molecule has 0 saturated carbocycles. The molecule has 1 aromatic carbocycles. The highest BCUT2D eigenvalue weighted by molar-refractivity contribution is 7.99. The maximum absolute atomic E-state index is 13.1. The molecule has 2 heterocycles. The summed E-state index contributed by atoms with van der Waals surface area (Å²) in [5.41, 5.74) is 2.10. The highest BCUT2D eigenvalue weighted by atomic mass is 32.2. The summed E-state index contributed by atoms with van der Waals surface area (Å²) in [7, 11) is 0. The van der Waals surface area contributed by atoms with Gasteiger partial charge in [0.15, 0.2) is 0 Å². The first kappa shape index (κ1) is 10.9. The second-order valence-electron chi connectivity index (χ2n) is 3.91. The third-order valence-corrected chi connectivity index (χ3v) is 3.83. The SMILES string of the molecule is Fc1cccc(-n2ccc([C@@H]3OCCS3)c2)c1. The van der Waals surface area contributed by atoms with Gasteiger partial charge in [-0.3, -0.25) is 0 Å². The quantitative estimate of drug-likeness (QED) is 0.810. The lowest BCUT2D eigenvalue weighted by Crippen LogP contribution is -1.93. The molecule has 1 atom stereocenters. The second kappa shape index (κ2) is 4.55. The van der Waals surface area contributed by atoms with Gasteiger partial charge in [0, 0.05) is 29.4 Å². The maximum atomic E-state index is 13.1. The summed E-state index contributed by atoms with van der Waals surface area (Å²) >= 11 is 1.80. The summed E-state index contributed by atoms with van der Waals surface area (Å²) in [6.07, 6.45) is 3.93. The van der Waals surface area contributed by atoms with Crippen molar-refractivity contribution in [3.8, 4) is 5.69 Å². The molecule has 4 heteroatoms. The highest BCUT2D eigenvalue weighted by Crippen LogP contribution is 2.35. The molecule has 2 nitrogen and oxygen atoms in total. The molecule has 1 aromatic heterocycles. The lowest BCUT2D eigenvalue weighted by molar-refractivity contribution is 0.145. The number of hydrogen-bond acceptors (Lipinski definition) is 2. The van der Waals surface area contributed by atoms with Crippen molar-refractivity contribution in [3.63, 3.8) is 0 Å². The molecule has 3 rings (SSSR count). The Kier molecular flexibility index (Phi) is 2.91. The van der Waals surface area contributed by atoms with Crippen LogP contribution in [0.1, 0.15) is 11.0 Å². The van der Waals surface area contributed by atoms with Crippen LogP contribution in [0.15, 0.2) is 42.7 Å². The van der Waals surface area contributed by atoms with Crippen molar-refractivity contribution in [1.29, 1.82) is 0 Å². The van der Waals surface area contributed by atoms with Crippen LogP contribution in [0.4, 0.5) is 4.39 Å². The minimum atomic E-state index is -0.218. The van der Waals surface area contributed by atoms with Gasteiger partial charge in [-0.05, 0) is 24.3 Å². The van der Waals surface area contributed by atoms with Gasteiger partial charge in [-0.1, -0.05) is 6.07 Å². The maximum Gasteiger partial charge on any atom is 0.130 e. The average molecular weight is 249 g/mol. The van der Waals surface area contributed by atoms with Gasteiger partial charge in [-0.15, -0.1) is 11.8 Å². The molecule has 1 fully saturated rings. The van der Waals surface area contributed by atoms with E-state index in [0.717, 1.165) is 23.6 Å². The minimum Gasteiger partial charge on any atom is -0.362 e. The van der Waals surface area contributed by atoms with Crippen LogP contribution in [0, 0.1) is 5.82 Å². The summed E-state index contributed by atoms with van der Waals surface area (Å²) < 4.78 is 20.6. The zero-order valence-electron chi connectivity index (χ0n) is 9.17. The molecule has 0 N–H and O–H groups in total. The van der Waals surface area contributed by atoms with Crippen molar-refractivity contribution in [3.05, 3.63) is 54.1 Å². The van der Waals surface area contributed by atoms with Crippen LogP contribution in [-0.2, 0) is 4.74 Å². The minimum absolute atomic E-state index is 0.129. The van der Waals surface area contributed by atoms with Gasteiger partial charge in [0.05, 0.1) is 6.61 Å². The first-order chi connectivity index (χ1) is 8.33. The molecule has 1 saturated heterocycles. The fourth-order valence-electron chi connectivity index (χ4n) is 1.90. The summed E-state index contributed by atoms with van der Waals surface area (Å²) in [6, 6.07) is 8.59. The molecule has 0 amide bonds. The Morgan fingerprint density at radius 2 is 2.29 bits per heavy atom. The molecule has 17 heavy (non-hydrogen) atoms. The molecular formula is C13H12FNOS. The monoisotopic (exact) mass is 249 g/mol. The van der Waals surface area contributed by atoms with E-state index in [1.54, 1.807) is 17.8 Å². The molecule has 2 aromatic rings. The molecule has 0 aliphatic carbocycles. The van der Waals surface area contributed by atoms with Crippen LogP contribution in [0.2, 0.25) is 0 Å². The van der Waals surface area contributed by atoms with Crippen molar-refractivity contribution >= 4 is 11.8 Å². The van der Waals surface area contributed by atoms with E-state index >= 15 is 0 Å². The predicted octanol–water partition coefficient (Wildman–Crippen LogP) is 3.38. The van der Waals surface area contributed by atoms with Gasteiger partial charge in [0.25, 0.3) is 0 Å². The van der Waals surface area contributed by atoms with Crippen molar-refractivity contribution in [2.45, 2.75) is 5.44 Å². The molecule has 0 bridgehead atoms. The zero-order valence-corrected chi connectivity index (χ0v) is 9.99. The van der Waals surface area contributed by atoms with Crippen molar-refractivity contribution < 1.29 is 9.13 Å². The number of benzene rings is 1. The number of hydrogen-bond donors (Lipinski definition) is 0. The van der Waals surface area contributed by atoms with Crippen LogP contribution in [0.3, 0.4) is 0 Å². The third kappa shape index (κ3) is 2.23. The van der Waals surface area contributed by atoms with Crippen LogP contribution in [-0.4, -0.2) is 16.9 Å². The zero-order chi connectivity index (χ0) is 11.7. The Labute approximate surface area is 103 Å². The van der Waals surface area contributed by atoms with E-state index < -0.39 is 0 Å². The topological polar surface area (TPSA) is 14.2 Å². The molecule has 0 spiro atoms. The van der Waals surface area contributed by atoms with Gasteiger partial charge in [0.1, 0.15) is 11.3 Å². The van der Waals surface area contributed by atoms with Gasteiger partial charge in [-0.25, -0.2) is 4.39 Å². The standard InChI is InChI=1S/C13H12FNOS/c14-11-2-1-3-12(8-11)15-5-4-10(9-15)13-16-6-7-17-13/h1-5,8-9,13H,6-7H2/t13-/m1/s1. The first-order valence-electron chi connectivity index (χ1n) is 5.50. The van der Waals surface area contributed by atoms with E-state index in [1.807, 2.05) is 29.1 Å². The van der Waals surface area contributed by atoms with Crippen molar-refractivity contribution in [2.75, 3.05) is 12.4 Å². The molecule has 1 aliphatic heterocycles. The van der Waals surface area contributed by atoms with Gasteiger partial charge < -0.3 is 9.30 Å². The number of thioether (sulfide) groups is 1. The Balaban J connectivity index is 1.89. The van der Waals surface area contributed by atoms with E-state index in [9.17, 15) is 4.39 Å². The Hall–Kier alpha value is -1.26. The number of rotatable bonds is 2. The van der Waals surface area contributed by atoms with E-state index in [2.05, 4.69) is 0 Å². The first-order valence-corrected chi connectivity index (χ1v) is 6.55. The van der Waals surface area contributed by atoms with E-state index in [0.29, 0.717) is 0 Å². The Morgan fingerprint density at radius 1 is 1.35 bits per heavy atom. The third-order valence-electron chi connectivity index (χ3n) is 2.72. The number of halogens is 1. The van der Waals surface area contributed by atoms with Gasteiger partial charge in [-0.2, -0.15) is 0 Å². The Morgan fingerprint density at radius 3 is 3.06 bits per heavy atom. The van der Waals surface area contributed by atoms with Crippen LogP contribution in [0.5, 0.6) is 0 Å². The highest BCUT2D eigenvalue weighted by Gasteiger charge is 2.19. The molecule has 0 radical (unpaired) electrons. The summed E-state index contributed by atoms with van der Waals surface area (Å²) in [5, 5.41) is 0. The van der Waals surface area contributed by atoms with Crippen molar-refractivity contribution in [2.24, 2.45) is 0 Å². The number of nitrogens with zero attached hydrogens (tertiary/aromatic N) is 1. The molecule has 1 aliphatic rings. The molecule has 0 unspecified atom stereocenters. The fraction of sp³-hybridized carbons (Fsp3) is 0.231. The smallest absolute Gasteiger partial charge is 0.130 e. The lowest BCUT2D eigenvalue weighted by atomic mass is 10.3. The molecular weight excluding hydrogens is 237 g/mol. The summed E-state index contributed by atoms with van der Waals surface area (Å²) in [5.74, 6) is 0.819. The second-order valence-corrected chi connectivity index (χ2v) is 5.08. The average Bonchev–Trinajstić information content (AvgIpc) is 3.00. The lowest BCUT2D eigenvalue weighted by Gasteiger charge is -2.06. The fourth-order valence-corrected chi connectivity index (χ4v) is 2.83. The largest absolute Gasteiger partial charge is 0.362 e. The molecule has 88 valence electrons. The van der Waals surface area contributed by atoms with Gasteiger partial charge >= 0.3 is 0 Å². The van der Waals surface area contributed by atoms with Crippen LogP contribution >= 0.6 is 11.8 Å². The van der Waals surface area contributed by atoms with Crippen molar-refractivity contribution in [1.82, 2.24) is 4.57 Å². The summed E-state index contributed by atoms with van der Waals surface area (Å²) in [6.45, 7) is 0.806. The normalized spacial score (nSPS) is 19.7. The van der Waals surface area contributed by atoms with Gasteiger partial charge in [0.2, 0.25) is 0 Å². The van der Waals surface area contributed by atoms with E-state index in [1.165, 1.54) is 12.1 Å². The summed E-state index contributed by atoms with van der Waals surface area (Å²) in [4.78, 5) is 0. The van der Waals surface area contributed by atoms with Crippen LogP contribution < -0.4 is 0 Å². The van der Waals surface area contributed by atoms with E-state index in [4.69, 9.17) is 4.74 Å². The Bertz CT molecular complexity index is 520. The predicted molar refractivity (Wildman–Crippen MR) is 66.9 cm³/mol. The number of ether oxygens (including phenoxy) is 1. The van der Waals surface area contributed by atoms with Crippen LogP contribution in [0.25, 0.3) is 5.69 Å². The number of aromatic nitrogens is 1. The van der Waals surface area contributed by atoms with E-state index in [-0.39, 0.29) is 11.3 Å².